The molecular weight excluding hydrogens is 280 g/mol. The van der Waals surface area contributed by atoms with E-state index in [0.29, 0.717) is 11.4 Å². The number of aliphatic hydroxyl groups is 1. The molecule has 2 atom stereocenters. The number of anilines is 1. The Bertz CT molecular complexity index is 518. The maximum Gasteiger partial charge on any atom is 0.319 e. The average Bonchev–Trinajstić information content (AvgIpc) is 2.51. The molecule has 1 rings (SSSR count). The number of hydrogen-bond donors (Lipinski definition) is 3. The summed E-state index contributed by atoms with van der Waals surface area (Å²) in [5, 5.41) is 15.6. The Hall–Kier alpha value is -2.19. The number of urea groups is 1. The molecule has 0 aliphatic heterocycles. The van der Waals surface area contributed by atoms with Gasteiger partial charge in [-0.25, -0.2) is 4.79 Å². The van der Waals surface area contributed by atoms with Crippen LogP contribution in [0.5, 0.6) is 5.75 Å². The Morgan fingerprint density at radius 3 is 2.64 bits per heavy atom. The Balaban J connectivity index is 2.47. The number of benzene rings is 1. The standard InChI is InChI=1S/C17H24N2O3/c1-5-11-22-15-9-7-14(8-10-15)19-16(20)18-12-17(4,21)13(3)6-2/h1,7-10,13,21H,6,11-12H2,2-4H3,(H2,18,19,20). The lowest BCUT2D eigenvalue weighted by Crippen LogP contribution is -2.46. The van der Waals surface area contributed by atoms with Crippen LogP contribution in [0.1, 0.15) is 27.2 Å². The van der Waals surface area contributed by atoms with Crippen LogP contribution in [-0.2, 0) is 0 Å². The minimum atomic E-state index is -0.932. The third-order valence-corrected chi connectivity index (χ3v) is 3.72. The SMILES string of the molecule is C#CCOc1ccc(NC(=O)NCC(C)(O)C(C)CC)cc1. The number of ether oxygens (including phenoxy) is 1. The smallest absolute Gasteiger partial charge is 0.319 e. The first-order valence-corrected chi connectivity index (χ1v) is 7.32. The molecule has 5 heteroatoms. The highest BCUT2D eigenvalue weighted by Crippen LogP contribution is 2.19. The number of carbonyl (C=O) groups excluding carboxylic acids is 1. The summed E-state index contributed by atoms with van der Waals surface area (Å²) in [5.74, 6) is 3.12. The molecule has 0 aliphatic carbocycles. The van der Waals surface area contributed by atoms with Crippen molar-refractivity contribution < 1.29 is 14.6 Å². The van der Waals surface area contributed by atoms with Gasteiger partial charge in [0.05, 0.1) is 5.60 Å². The molecule has 3 N–H and O–H groups in total. The summed E-state index contributed by atoms with van der Waals surface area (Å²) in [7, 11) is 0. The molecular formula is C17H24N2O3. The van der Waals surface area contributed by atoms with Gasteiger partial charge in [-0.1, -0.05) is 26.2 Å². The number of rotatable bonds is 7. The molecule has 120 valence electrons. The summed E-state index contributed by atoms with van der Waals surface area (Å²) in [6.45, 7) is 6.08. The van der Waals surface area contributed by atoms with E-state index in [-0.39, 0.29) is 25.1 Å². The minimum absolute atomic E-state index is 0.0976. The van der Waals surface area contributed by atoms with E-state index in [1.54, 1.807) is 31.2 Å². The predicted octanol–water partition coefficient (Wildman–Crippen LogP) is 2.62. The van der Waals surface area contributed by atoms with Crippen molar-refractivity contribution >= 4 is 11.7 Å². The number of terminal acetylenes is 1. The van der Waals surface area contributed by atoms with Crippen molar-refractivity contribution in [2.45, 2.75) is 32.8 Å². The van der Waals surface area contributed by atoms with Crippen LogP contribution in [0.4, 0.5) is 10.5 Å². The Morgan fingerprint density at radius 1 is 1.45 bits per heavy atom. The second kappa shape index (κ2) is 8.30. The first-order valence-electron chi connectivity index (χ1n) is 7.32. The molecule has 0 aromatic heterocycles. The van der Waals surface area contributed by atoms with Crippen molar-refractivity contribution in [1.29, 1.82) is 0 Å². The maximum absolute atomic E-state index is 11.8. The van der Waals surface area contributed by atoms with Crippen LogP contribution in [-0.4, -0.2) is 29.9 Å². The predicted molar refractivity (Wildman–Crippen MR) is 87.9 cm³/mol. The van der Waals surface area contributed by atoms with Gasteiger partial charge in [0, 0.05) is 12.2 Å². The molecule has 0 spiro atoms. The van der Waals surface area contributed by atoms with Crippen LogP contribution in [0.2, 0.25) is 0 Å². The molecule has 0 fully saturated rings. The van der Waals surface area contributed by atoms with Crippen LogP contribution in [0.3, 0.4) is 0 Å². The summed E-state index contributed by atoms with van der Waals surface area (Å²) in [6, 6.07) is 6.53. The highest BCUT2D eigenvalue weighted by atomic mass is 16.5. The van der Waals surface area contributed by atoms with Crippen molar-refractivity contribution in [3.63, 3.8) is 0 Å². The van der Waals surface area contributed by atoms with E-state index in [1.165, 1.54) is 0 Å². The maximum atomic E-state index is 11.8. The second-order valence-corrected chi connectivity index (χ2v) is 5.49. The van der Waals surface area contributed by atoms with E-state index in [0.717, 1.165) is 6.42 Å². The molecule has 0 bridgehead atoms. The number of nitrogens with one attached hydrogen (secondary N) is 2. The largest absolute Gasteiger partial charge is 0.481 e. The van der Waals surface area contributed by atoms with Crippen LogP contribution >= 0.6 is 0 Å². The highest BCUT2D eigenvalue weighted by molar-refractivity contribution is 5.89. The van der Waals surface area contributed by atoms with Crippen LogP contribution in [0.15, 0.2) is 24.3 Å². The van der Waals surface area contributed by atoms with Crippen LogP contribution in [0.25, 0.3) is 0 Å². The van der Waals surface area contributed by atoms with E-state index < -0.39 is 5.60 Å². The number of hydrogen-bond acceptors (Lipinski definition) is 3. The lowest BCUT2D eigenvalue weighted by molar-refractivity contribution is 0.00827. The normalized spacial score (nSPS) is 14.3. The molecule has 2 unspecified atom stereocenters. The Morgan fingerprint density at radius 2 is 2.09 bits per heavy atom. The monoisotopic (exact) mass is 304 g/mol. The van der Waals surface area contributed by atoms with Crippen LogP contribution < -0.4 is 15.4 Å². The molecule has 0 saturated heterocycles. The average molecular weight is 304 g/mol. The van der Waals surface area contributed by atoms with Gasteiger partial charge in [0.25, 0.3) is 0 Å². The van der Waals surface area contributed by atoms with Gasteiger partial charge in [-0.15, -0.1) is 6.42 Å². The fourth-order valence-electron chi connectivity index (χ4n) is 1.81. The number of carbonyl (C=O) groups is 1. The fraction of sp³-hybridized carbons (Fsp3) is 0.471. The van der Waals surface area contributed by atoms with Gasteiger partial charge in [-0.05, 0) is 37.1 Å². The van der Waals surface area contributed by atoms with Crippen molar-refractivity contribution in [3.05, 3.63) is 24.3 Å². The van der Waals surface area contributed by atoms with E-state index in [1.807, 2.05) is 13.8 Å². The van der Waals surface area contributed by atoms with Gasteiger partial charge in [-0.2, -0.15) is 0 Å². The first kappa shape index (κ1) is 17.9. The van der Waals surface area contributed by atoms with Crippen molar-refractivity contribution in [1.82, 2.24) is 5.32 Å². The van der Waals surface area contributed by atoms with Crippen molar-refractivity contribution in [2.24, 2.45) is 5.92 Å². The minimum Gasteiger partial charge on any atom is -0.481 e. The van der Waals surface area contributed by atoms with Crippen LogP contribution in [0, 0.1) is 18.3 Å². The lowest BCUT2D eigenvalue weighted by atomic mass is 9.89. The van der Waals surface area contributed by atoms with Gasteiger partial charge in [0.2, 0.25) is 0 Å². The summed E-state index contributed by atoms with van der Waals surface area (Å²) in [4.78, 5) is 11.8. The van der Waals surface area contributed by atoms with E-state index >= 15 is 0 Å². The summed E-state index contributed by atoms with van der Waals surface area (Å²) >= 11 is 0. The zero-order valence-corrected chi connectivity index (χ0v) is 13.3. The molecule has 0 heterocycles. The molecule has 0 radical (unpaired) electrons. The molecule has 22 heavy (non-hydrogen) atoms. The first-order chi connectivity index (χ1) is 10.4. The third-order valence-electron chi connectivity index (χ3n) is 3.72. The number of amides is 2. The molecule has 2 amide bonds. The second-order valence-electron chi connectivity index (χ2n) is 5.49. The summed E-state index contributed by atoms with van der Waals surface area (Å²) < 4.78 is 5.25. The lowest BCUT2D eigenvalue weighted by Gasteiger charge is -2.29. The van der Waals surface area contributed by atoms with E-state index in [9.17, 15) is 9.90 Å². The highest BCUT2D eigenvalue weighted by Gasteiger charge is 2.27. The summed E-state index contributed by atoms with van der Waals surface area (Å²) in [5.41, 5.74) is -0.298. The topological polar surface area (TPSA) is 70.6 Å². The van der Waals surface area contributed by atoms with Crippen molar-refractivity contribution in [2.75, 3.05) is 18.5 Å². The van der Waals surface area contributed by atoms with E-state index in [2.05, 4.69) is 16.6 Å². The molecule has 0 aliphatic rings. The quantitative estimate of drug-likeness (QED) is 0.678. The van der Waals surface area contributed by atoms with Gasteiger partial charge in [0.15, 0.2) is 0 Å². The third kappa shape index (κ3) is 5.66. The Kier molecular flexibility index (Phi) is 6.74. The fourth-order valence-corrected chi connectivity index (χ4v) is 1.81. The van der Waals surface area contributed by atoms with Gasteiger partial charge < -0.3 is 20.5 Å². The van der Waals surface area contributed by atoms with Crippen molar-refractivity contribution in [3.8, 4) is 18.1 Å². The van der Waals surface area contributed by atoms with Gasteiger partial charge >= 0.3 is 6.03 Å². The molecule has 5 nitrogen and oxygen atoms in total. The zero-order chi connectivity index (χ0) is 16.6. The van der Waals surface area contributed by atoms with Gasteiger partial charge in [-0.3, -0.25) is 0 Å². The van der Waals surface area contributed by atoms with Gasteiger partial charge in [0.1, 0.15) is 12.4 Å². The summed E-state index contributed by atoms with van der Waals surface area (Å²) in [6.07, 6.45) is 5.95. The molecule has 0 saturated carbocycles. The molecule has 1 aromatic carbocycles. The molecule has 1 aromatic rings. The van der Waals surface area contributed by atoms with E-state index in [4.69, 9.17) is 11.2 Å². The Labute approximate surface area is 132 Å². The zero-order valence-electron chi connectivity index (χ0n) is 13.3.